The number of nitrogens with two attached hydrogens (primary N) is 1. The van der Waals surface area contributed by atoms with Crippen molar-refractivity contribution in [1.29, 1.82) is 0 Å². The van der Waals surface area contributed by atoms with Gasteiger partial charge in [-0.05, 0) is 37.7 Å². The molecule has 1 aromatic rings. The molecule has 1 saturated heterocycles. The Labute approximate surface area is 115 Å². The van der Waals surface area contributed by atoms with E-state index in [2.05, 4.69) is 23.7 Å². The third-order valence-electron chi connectivity index (χ3n) is 4.67. The molecule has 1 aliphatic carbocycles. The Kier molecular flexibility index (Phi) is 3.21. The first-order valence-corrected chi connectivity index (χ1v) is 7.45. The van der Waals surface area contributed by atoms with Gasteiger partial charge in [-0.3, -0.25) is 0 Å². The molecule has 0 bridgehead atoms. The third-order valence-corrected chi connectivity index (χ3v) is 4.67. The monoisotopic (exact) mass is 260 g/mol. The molecular weight excluding hydrogens is 236 g/mol. The van der Waals surface area contributed by atoms with Crippen LogP contribution in [-0.4, -0.2) is 29.1 Å². The van der Waals surface area contributed by atoms with Crippen molar-refractivity contribution >= 4 is 5.95 Å². The Morgan fingerprint density at radius 2 is 2.26 bits per heavy atom. The Balaban J connectivity index is 1.93. The molecule has 1 fully saturated rings. The van der Waals surface area contributed by atoms with Crippen LogP contribution in [-0.2, 0) is 11.8 Å². The summed E-state index contributed by atoms with van der Waals surface area (Å²) in [4.78, 5) is 11.8. The van der Waals surface area contributed by atoms with E-state index in [0.717, 1.165) is 18.9 Å². The summed E-state index contributed by atoms with van der Waals surface area (Å²) >= 11 is 0. The number of hydrogen-bond donors (Lipinski definition) is 1. The first-order valence-electron chi connectivity index (χ1n) is 7.45. The van der Waals surface area contributed by atoms with Crippen LogP contribution in [0, 0.1) is 0 Å². The Morgan fingerprint density at radius 1 is 1.42 bits per heavy atom. The van der Waals surface area contributed by atoms with Crippen molar-refractivity contribution in [3.63, 3.8) is 0 Å². The highest BCUT2D eigenvalue weighted by atomic mass is 15.3. The van der Waals surface area contributed by atoms with Gasteiger partial charge in [0.2, 0.25) is 5.95 Å². The maximum atomic E-state index is 5.90. The molecule has 0 radical (unpaired) electrons. The van der Waals surface area contributed by atoms with Crippen LogP contribution < -0.4 is 10.6 Å². The standard InChI is InChI=1S/C15H24N4/c1-15(2)7-6-11-10-17-14(18-13(11)15)19-8-4-3-5-12(19)9-16/h10,12H,3-9,16H2,1-2H3. The van der Waals surface area contributed by atoms with Crippen molar-refractivity contribution < 1.29 is 0 Å². The van der Waals surface area contributed by atoms with E-state index in [1.165, 1.54) is 36.9 Å². The van der Waals surface area contributed by atoms with Gasteiger partial charge in [0.25, 0.3) is 0 Å². The number of rotatable bonds is 2. The van der Waals surface area contributed by atoms with E-state index in [9.17, 15) is 0 Å². The van der Waals surface area contributed by atoms with Crippen molar-refractivity contribution in [3.05, 3.63) is 17.5 Å². The third kappa shape index (κ3) is 2.22. The fourth-order valence-corrected chi connectivity index (χ4v) is 3.38. The molecule has 3 rings (SSSR count). The lowest BCUT2D eigenvalue weighted by molar-refractivity contribution is 0.455. The van der Waals surface area contributed by atoms with Crippen LogP contribution in [0.5, 0.6) is 0 Å². The van der Waals surface area contributed by atoms with Gasteiger partial charge < -0.3 is 10.6 Å². The second-order valence-corrected chi connectivity index (χ2v) is 6.51. The average molecular weight is 260 g/mol. The Bertz CT molecular complexity index is 469. The van der Waals surface area contributed by atoms with Crippen LogP contribution in [0.2, 0.25) is 0 Å². The van der Waals surface area contributed by atoms with Crippen molar-refractivity contribution in [2.75, 3.05) is 18.0 Å². The zero-order chi connectivity index (χ0) is 13.5. The van der Waals surface area contributed by atoms with Gasteiger partial charge in [-0.2, -0.15) is 0 Å². The van der Waals surface area contributed by atoms with Crippen molar-refractivity contribution in [2.24, 2.45) is 5.73 Å². The van der Waals surface area contributed by atoms with Crippen LogP contribution in [0.1, 0.15) is 50.8 Å². The van der Waals surface area contributed by atoms with Gasteiger partial charge in [0.1, 0.15) is 0 Å². The second kappa shape index (κ2) is 4.75. The molecule has 1 aliphatic heterocycles. The number of piperidine rings is 1. The molecule has 0 spiro atoms. The van der Waals surface area contributed by atoms with Gasteiger partial charge in [0.15, 0.2) is 0 Å². The van der Waals surface area contributed by atoms with E-state index < -0.39 is 0 Å². The molecule has 0 amide bonds. The van der Waals surface area contributed by atoms with Crippen molar-refractivity contribution in [3.8, 4) is 0 Å². The summed E-state index contributed by atoms with van der Waals surface area (Å²) in [6.07, 6.45) is 7.99. The fraction of sp³-hybridized carbons (Fsp3) is 0.733. The number of aromatic nitrogens is 2. The molecule has 4 heteroatoms. The molecule has 0 aromatic carbocycles. The SMILES string of the molecule is CC1(C)CCc2cnc(N3CCCCC3CN)nc21. The van der Waals surface area contributed by atoms with E-state index in [1.54, 1.807) is 0 Å². The predicted octanol–water partition coefficient (Wildman–Crippen LogP) is 2.02. The Morgan fingerprint density at radius 3 is 3.05 bits per heavy atom. The highest BCUT2D eigenvalue weighted by Gasteiger charge is 2.33. The lowest BCUT2D eigenvalue weighted by Crippen LogP contribution is -2.45. The van der Waals surface area contributed by atoms with Crippen LogP contribution in [0.4, 0.5) is 5.95 Å². The quantitative estimate of drug-likeness (QED) is 0.884. The molecule has 19 heavy (non-hydrogen) atoms. The summed E-state index contributed by atoms with van der Waals surface area (Å²) < 4.78 is 0. The molecule has 1 unspecified atom stereocenters. The predicted molar refractivity (Wildman–Crippen MR) is 77.4 cm³/mol. The van der Waals surface area contributed by atoms with Gasteiger partial charge >= 0.3 is 0 Å². The van der Waals surface area contributed by atoms with E-state index in [-0.39, 0.29) is 5.41 Å². The summed E-state index contributed by atoms with van der Waals surface area (Å²) in [6.45, 7) is 6.31. The topological polar surface area (TPSA) is 55.0 Å². The number of aryl methyl sites for hydroxylation is 1. The molecule has 2 N–H and O–H groups in total. The second-order valence-electron chi connectivity index (χ2n) is 6.51. The average Bonchev–Trinajstić information content (AvgIpc) is 2.74. The van der Waals surface area contributed by atoms with Gasteiger partial charge in [-0.15, -0.1) is 0 Å². The van der Waals surface area contributed by atoms with Crippen LogP contribution in [0.25, 0.3) is 0 Å². The number of hydrogen-bond acceptors (Lipinski definition) is 4. The lowest BCUT2D eigenvalue weighted by Gasteiger charge is -2.35. The van der Waals surface area contributed by atoms with E-state index >= 15 is 0 Å². The summed E-state index contributed by atoms with van der Waals surface area (Å²) in [5.41, 5.74) is 8.67. The van der Waals surface area contributed by atoms with E-state index in [1.807, 2.05) is 6.20 Å². The molecule has 2 aliphatic rings. The fourth-order valence-electron chi connectivity index (χ4n) is 3.38. The number of nitrogens with zero attached hydrogens (tertiary/aromatic N) is 3. The van der Waals surface area contributed by atoms with Gasteiger partial charge in [0.05, 0.1) is 5.69 Å². The van der Waals surface area contributed by atoms with Gasteiger partial charge in [-0.1, -0.05) is 13.8 Å². The molecule has 2 heterocycles. The summed E-state index contributed by atoms with van der Waals surface area (Å²) in [6, 6.07) is 0.413. The van der Waals surface area contributed by atoms with Gasteiger partial charge in [-0.25, -0.2) is 9.97 Å². The highest BCUT2D eigenvalue weighted by molar-refractivity contribution is 5.40. The molecular formula is C15H24N4. The van der Waals surface area contributed by atoms with E-state index in [0.29, 0.717) is 12.6 Å². The molecule has 1 atom stereocenters. The molecule has 0 saturated carbocycles. The van der Waals surface area contributed by atoms with Gasteiger partial charge in [0, 0.05) is 30.7 Å². The zero-order valence-electron chi connectivity index (χ0n) is 12.0. The summed E-state index contributed by atoms with van der Waals surface area (Å²) in [7, 11) is 0. The van der Waals surface area contributed by atoms with Crippen LogP contribution in [0.15, 0.2) is 6.20 Å². The Hall–Kier alpha value is -1.16. The maximum absolute atomic E-state index is 5.90. The first-order chi connectivity index (χ1) is 9.12. The molecule has 104 valence electrons. The largest absolute Gasteiger partial charge is 0.337 e. The van der Waals surface area contributed by atoms with Crippen LogP contribution >= 0.6 is 0 Å². The highest BCUT2D eigenvalue weighted by Crippen LogP contribution is 2.37. The summed E-state index contributed by atoms with van der Waals surface area (Å²) in [5, 5.41) is 0. The van der Waals surface area contributed by atoms with E-state index in [4.69, 9.17) is 10.7 Å². The lowest BCUT2D eigenvalue weighted by atomic mass is 9.91. The number of fused-ring (bicyclic) bond motifs is 1. The minimum Gasteiger partial charge on any atom is -0.337 e. The normalized spacial score (nSPS) is 25.4. The minimum atomic E-state index is 0.195. The maximum Gasteiger partial charge on any atom is 0.225 e. The minimum absolute atomic E-state index is 0.195. The number of anilines is 1. The molecule has 1 aromatic heterocycles. The first kappa shape index (κ1) is 12.9. The summed E-state index contributed by atoms with van der Waals surface area (Å²) in [5.74, 6) is 0.892. The van der Waals surface area contributed by atoms with Crippen molar-refractivity contribution in [2.45, 2.75) is 57.4 Å². The van der Waals surface area contributed by atoms with Crippen LogP contribution in [0.3, 0.4) is 0 Å². The smallest absolute Gasteiger partial charge is 0.225 e. The van der Waals surface area contributed by atoms with Crippen molar-refractivity contribution in [1.82, 2.24) is 9.97 Å². The zero-order valence-corrected chi connectivity index (χ0v) is 12.0. The molecule has 4 nitrogen and oxygen atoms in total.